The van der Waals surface area contributed by atoms with Gasteiger partial charge in [0.2, 0.25) is 0 Å². The zero-order valence-corrected chi connectivity index (χ0v) is 12.0. The van der Waals surface area contributed by atoms with E-state index in [1.807, 2.05) is 18.2 Å². The molecule has 0 bridgehead atoms. The predicted octanol–water partition coefficient (Wildman–Crippen LogP) is -0.751. The number of carbonyl (C=O) groups is 1. The highest BCUT2D eigenvalue weighted by atomic mass is 16.5. The van der Waals surface area contributed by atoms with Crippen LogP contribution in [0.3, 0.4) is 0 Å². The maximum absolute atomic E-state index is 10.8. The number of quaternary nitrogens is 1. The molecule has 0 amide bonds. The Morgan fingerprint density at radius 1 is 1.25 bits per heavy atom. The Bertz CT molecular complexity index is 467. The monoisotopic (exact) mass is 279 g/mol. The number of rotatable bonds is 5. The van der Waals surface area contributed by atoms with Crippen LogP contribution in [0.4, 0.5) is 0 Å². The van der Waals surface area contributed by atoms with Gasteiger partial charge >= 0.3 is 0 Å². The Kier molecular flexibility index (Phi) is 4.84. The molecule has 1 N–H and O–H groups in total. The second kappa shape index (κ2) is 6.61. The summed E-state index contributed by atoms with van der Waals surface area (Å²) in [5.41, 5.74) is 1.17. The zero-order valence-electron chi connectivity index (χ0n) is 12.0. The number of nitrogens with one attached hydrogen (secondary N) is 1. The summed E-state index contributed by atoms with van der Waals surface area (Å²) in [5, 5.41) is 10.8. The third-order valence-corrected chi connectivity index (χ3v) is 3.93. The molecule has 20 heavy (non-hydrogen) atoms. The maximum atomic E-state index is 10.8. The SMILES string of the molecule is COc1ccc(C[NH+]2CCC(C(=O)[O-])CC2)cc1OC. The summed E-state index contributed by atoms with van der Waals surface area (Å²) in [7, 11) is 3.24. The molecule has 2 rings (SSSR count). The van der Waals surface area contributed by atoms with Gasteiger partial charge in [-0.15, -0.1) is 0 Å². The number of carboxylic acid groups (broad SMARTS) is 1. The van der Waals surface area contributed by atoms with Crippen LogP contribution in [-0.2, 0) is 11.3 Å². The highest BCUT2D eigenvalue weighted by Crippen LogP contribution is 2.27. The summed E-state index contributed by atoms with van der Waals surface area (Å²) in [4.78, 5) is 12.2. The second-order valence-electron chi connectivity index (χ2n) is 5.21. The van der Waals surface area contributed by atoms with Crippen LogP contribution in [0.5, 0.6) is 11.5 Å². The van der Waals surface area contributed by atoms with E-state index in [9.17, 15) is 9.90 Å². The standard InChI is InChI=1S/C15H21NO4/c1-19-13-4-3-11(9-14(13)20-2)10-16-7-5-12(6-8-16)15(17)18/h3-4,9,12H,5-8,10H2,1-2H3,(H,17,18). The van der Waals surface area contributed by atoms with Gasteiger partial charge in [0.05, 0.1) is 27.3 Å². The summed E-state index contributed by atoms with van der Waals surface area (Å²) in [5.74, 6) is 0.273. The average molecular weight is 279 g/mol. The number of aliphatic carboxylic acids is 1. The quantitative estimate of drug-likeness (QED) is 0.770. The lowest BCUT2D eigenvalue weighted by Crippen LogP contribution is -3.11. The van der Waals surface area contributed by atoms with Crippen molar-refractivity contribution in [1.82, 2.24) is 0 Å². The molecule has 0 aromatic heterocycles. The molecule has 0 aliphatic carbocycles. The summed E-state index contributed by atoms with van der Waals surface area (Å²) in [6.07, 6.45) is 1.40. The van der Waals surface area contributed by atoms with Crippen LogP contribution in [-0.4, -0.2) is 33.3 Å². The molecule has 1 aromatic carbocycles. The summed E-state index contributed by atoms with van der Waals surface area (Å²) >= 11 is 0. The normalized spacial score (nSPS) is 22.3. The number of carboxylic acids is 1. The number of ether oxygens (including phenoxy) is 2. The molecule has 1 fully saturated rings. The molecule has 1 saturated heterocycles. The molecular weight excluding hydrogens is 258 g/mol. The first-order valence-electron chi connectivity index (χ1n) is 6.89. The van der Waals surface area contributed by atoms with Crippen LogP contribution in [0, 0.1) is 5.92 Å². The number of piperidine rings is 1. The van der Waals surface area contributed by atoms with Crippen LogP contribution in [0.1, 0.15) is 18.4 Å². The van der Waals surface area contributed by atoms with Gasteiger partial charge < -0.3 is 24.3 Å². The first-order chi connectivity index (χ1) is 9.63. The smallest absolute Gasteiger partial charge is 0.161 e. The van der Waals surface area contributed by atoms with Crippen LogP contribution in [0.15, 0.2) is 18.2 Å². The van der Waals surface area contributed by atoms with Crippen molar-refractivity contribution in [1.29, 1.82) is 0 Å². The Balaban J connectivity index is 1.96. The van der Waals surface area contributed by atoms with Gasteiger partial charge in [0.1, 0.15) is 6.54 Å². The largest absolute Gasteiger partial charge is 0.550 e. The van der Waals surface area contributed by atoms with E-state index >= 15 is 0 Å². The Morgan fingerprint density at radius 2 is 1.90 bits per heavy atom. The molecular formula is C15H21NO4. The van der Waals surface area contributed by atoms with E-state index in [2.05, 4.69) is 0 Å². The molecule has 0 unspecified atom stereocenters. The molecule has 1 aliphatic rings. The molecule has 1 aromatic rings. The molecule has 0 atom stereocenters. The third-order valence-electron chi connectivity index (χ3n) is 3.93. The van der Waals surface area contributed by atoms with Gasteiger partial charge in [-0.3, -0.25) is 0 Å². The van der Waals surface area contributed by atoms with Crippen molar-refractivity contribution in [3.63, 3.8) is 0 Å². The van der Waals surface area contributed by atoms with Gasteiger partial charge in [0.15, 0.2) is 11.5 Å². The lowest BCUT2D eigenvalue weighted by molar-refractivity contribution is -0.919. The highest BCUT2D eigenvalue weighted by Gasteiger charge is 2.23. The Labute approximate surface area is 119 Å². The van der Waals surface area contributed by atoms with Crippen molar-refractivity contribution in [2.45, 2.75) is 19.4 Å². The summed E-state index contributed by atoms with van der Waals surface area (Å²) in [6, 6.07) is 5.91. The van der Waals surface area contributed by atoms with Gasteiger partial charge in [-0.1, -0.05) is 0 Å². The molecule has 0 saturated carbocycles. The topological polar surface area (TPSA) is 63.0 Å². The van der Waals surface area contributed by atoms with E-state index in [1.165, 1.54) is 10.5 Å². The van der Waals surface area contributed by atoms with Crippen molar-refractivity contribution in [2.75, 3.05) is 27.3 Å². The molecule has 5 heteroatoms. The summed E-state index contributed by atoms with van der Waals surface area (Å²) in [6.45, 7) is 2.61. The minimum Gasteiger partial charge on any atom is -0.550 e. The number of methoxy groups -OCH3 is 2. The van der Waals surface area contributed by atoms with Gasteiger partial charge in [0.25, 0.3) is 0 Å². The van der Waals surface area contributed by atoms with Crippen LogP contribution < -0.4 is 19.5 Å². The molecule has 5 nitrogen and oxygen atoms in total. The number of carbonyl (C=O) groups excluding carboxylic acids is 1. The highest BCUT2D eigenvalue weighted by molar-refractivity contribution is 5.67. The number of likely N-dealkylation sites (tertiary alicyclic amines) is 1. The van der Waals surface area contributed by atoms with Crippen molar-refractivity contribution < 1.29 is 24.3 Å². The third kappa shape index (κ3) is 3.42. The number of hydrogen-bond acceptors (Lipinski definition) is 4. The Hall–Kier alpha value is -1.75. The second-order valence-corrected chi connectivity index (χ2v) is 5.21. The maximum Gasteiger partial charge on any atom is 0.161 e. The van der Waals surface area contributed by atoms with E-state index < -0.39 is 5.97 Å². The lowest BCUT2D eigenvalue weighted by atomic mass is 9.97. The lowest BCUT2D eigenvalue weighted by Gasteiger charge is -2.29. The van der Waals surface area contributed by atoms with E-state index in [4.69, 9.17) is 9.47 Å². The van der Waals surface area contributed by atoms with Crippen molar-refractivity contribution in [3.8, 4) is 11.5 Å². The minimum absolute atomic E-state index is 0.274. The fourth-order valence-electron chi connectivity index (χ4n) is 2.72. The van der Waals surface area contributed by atoms with E-state index in [-0.39, 0.29) is 5.92 Å². The Morgan fingerprint density at radius 3 is 2.45 bits per heavy atom. The zero-order chi connectivity index (χ0) is 14.5. The van der Waals surface area contributed by atoms with Gasteiger partial charge in [0, 0.05) is 30.3 Å². The average Bonchev–Trinajstić information content (AvgIpc) is 2.47. The number of benzene rings is 1. The minimum atomic E-state index is -0.907. The number of hydrogen-bond donors (Lipinski definition) is 1. The van der Waals surface area contributed by atoms with Crippen LogP contribution >= 0.6 is 0 Å². The first-order valence-corrected chi connectivity index (χ1v) is 6.89. The van der Waals surface area contributed by atoms with E-state index in [0.29, 0.717) is 12.8 Å². The van der Waals surface area contributed by atoms with Crippen LogP contribution in [0.2, 0.25) is 0 Å². The van der Waals surface area contributed by atoms with Crippen molar-refractivity contribution in [3.05, 3.63) is 23.8 Å². The van der Waals surface area contributed by atoms with Crippen LogP contribution in [0.25, 0.3) is 0 Å². The molecule has 1 heterocycles. The molecule has 0 spiro atoms. The van der Waals surface area contributed by atoms with Gasteiger partial charge in [-0.25, -0.2) is 0 Å². The molecule has 1 aliphatic heterocycles. The molecule has 0 radical (unpaired) electrons. The molecule has 110 valence electrons. The van der Waals surface area contributed by atoms with E-state index in [1.54, 1.807) is 14.2 Å². The fraction of sp³-hybridized carbons (Fsp3) is 0.533. The van der Waals surface area contributed by atoms with Gasteiger partial charge in [-0.05, 0) is 18.2 Å². The van der Waals surface area contributed by atoms with Crippen molar-refractivity contribution >= 4 is 5.97 Å². The summed E-state index contributed by atoms with van der Waals surface area (Å²) < 4.78 is 10.5. The van der Waals surface area contributed by atoms with E-state index in [0.717, 1.165) is 31.1 Å². The van der Waals surface area contributed by atoms with Gasteiger partial charge in [-0.2, -0.15) is 0 Å². The predicted molar refractivity (Wildman–Crippen MR) is 71.7 cm³/mol. The first kappa shape index (κ1) is 14.7. The van der Waals surface area contributed by atoms with Crippen molar-refractivity contribution in [2.24, 2.45) is 5.92 Å². The fourth-order valence-corrected chi connectivity index (χ4v) is 2.72.